The van der Waals surface area contributed by atoms with Crippen LogP contribution in [-0.4, -0.2) is 84.4 Å². The van der Waals surface area contributed by atoms with Crippen LogP contribution in [0.4, 0.5) is 4.79 Å². The minimum atomic E-state index is -0.195. The number of thiol groups is 1. The number of piperidine rings is 1. The summed E-state index contributed by atoms with van der Waals surface area (Å²) in [6.07, 6.45) is 3.37. The van der Waals surface area contributed by atoms with Gasteiger partial charge in [-0.1, -0.05) is 12.6 Å². The molecule has 0 saturated carbocycles. The summed E-state index contributed by atoms with van der Waals surface area (Å²) in [4.78, 5) is 18.6. The van der Waals surface area contributed by atoms with E-state index in [2.05, 4.69) is 46.5 Å². The fraction of sp³-hybridized carbons (Fsp3) is 0.938. The van der Waals surface area contributed by atoms with Gasteiger partial charge in [0.05, 0.1) is 0 Å². The summed E-state index contributed by atoms with van der Waals surface area (Å²) in [5.74, 6) is 0. The average molecular weight is 329 g/mol. The molecular weight excluding hydrogens is 296 g/mol. The lowest BCUT2D eigenvalue weighted by Crippen LogP contribution is -2.49. The molecule has 0 aliphatic carbocycles. The maximum atomic E-state index is 10.9. The molecule has 2 aliphatic rings. The first kappa shape index (κ1) is 18.0. The van der Waals surface area contributed by atoms with E-state index in [-0.39, 0.29) is 5.24 Å². The molecule has 0 unspecified atom stereocenters. The first-order valence-corrected chi connectivity index (χ1v) is 9.17. The molecule has 5 nitrogen and oxygen atoms in total. The van der Waals surface area contributed by atoms with Crippen LogP contribution in [0.15, 0.2) is 0 Å². The van der Waals surface area contributed by atoms with Crippen LogP contribution >= 0.6 is 12.6 Å². The zero-order valence-corrected chi connectivity index (χ0v) is 15.0. The second-order valence-corrected chi connectivity index (χ2v) is 7.30. The molecule has 0 bridgehead atoms. The second-order valence-electron chi connectivity index (χ2n) is 6.89. The van der Waals surface area contributed by atoms with E-state index in [0.29, 0.717) is 12.1 Å². The molecule has 22 heavy (non-hydrogen) atoms. The van der Waals surface area contributed by atoms with Crippen LogP contribution in [0.5, 0.6) is 0 Å². The molecule has 0 atom stereocenters. The maximum Gasteiger partial charge on any atom is 0.276 e. The number of hydrogen-bond donors (Lipinski definition) is 2. The first-order valence-electron chi connectivity index (χ1n) is 8.73. The molecule has 0 aromatic carbocycles. The molecule has 6 heteroatoms. The molecule has 0 radical (unpaired) electrons. The third-order valence-corrected chi connectivity index (χ3v) is 5.13. The maximum absolute atomic E-state index is 10.9. The Balaban J connectivity index is 1.54. The van der Waals surface area contributed by atoms with E-state index in [1.807, 2.05) is 0 Å². The zero-order valence-electron chi connectivity index (χ0n) is 14.1. The lowest BCUT2D eigenvalue weighted by molar-refractivity contribution is 0.103. The zero-order chi connectivity index (χ0) is 15.9. The Bertz CT molecular complexity index is 337. The van der Waals surface area contributed by atoms with Gasteiger partial charge in [0.1, 0.15) is 0 Å². The summed E-state index contributed by atoms with van der Waals surface area (Å²) >= 11 is 3.79. The van der Waals surface area contributed by atoms with Gasteiger partial charge in [0.15, 0.2) is 0 Å². The normalized spacial score (nSPS) is 23.1. The molecule has 1 N–H and O–H groups in total. The van der Waals surface area contributed by atoms with Crippen molar-refractivity contribution in [2.45, 2.75) is 45.2 Å². The summed E-state index contributed by atoms with van der Waals surface area (Å²) < 4.78 is 0. The highest BCUT2D eigenvalue weighted by Gasteiger charge is 2.21. The van der Waals surface area contributed by atoms with Crippen molar-refractivity contribution >= 4 is 17.9 Å². The quantitative estimate of drug-likeness (QED) is 0.725. The van der Waals surface area contributed by atoms with Crippen LogP contribution in [0.1, 0.15) is 33.1 Å². The highest BCUT2D eigenvalue weighted by Crippen LogP contribution is 2.12. The number of rotatable bonds is 6. The van der Waals surface area contributed by atoms with Gasteiger partial charge in [-0.3, -0.25) is 9.69 Å². The van der Waals surface area contributed by atoms with E-state index in [1.165, 1.54) is 45.7 Å². The summed E-state index contributed by atoms with van der Waals surface area (Å²) in [5, 5.41) is 2.71. The van der Waals surface area contributed by atoms with E-state index < -0.39 is 0 Å². The van der Waals surface area contributed by atoms with Crippen LogP contribution in [0.3, 0.4) is 0 Å². The Morgan fingerprint density at radius 1 is 1.05 bits per heavy atom. The third kappa shape index (κ3) is 6.07. The predicted octanol–water partition coefficient (Wildman–Crippen LogP) is 1.51. The van der Waals surface area contributed by atoms with Crippen molar-refractivity contribution in [3.05, 3.63) is 0 Å². The molecular formula is C16H32N4OS. The van der Waals surface area contributed by atoms with Gasteiger partial charge in [-0.25, -0.2) is 0 Å². The van der Waals surface area contributed by atoms with Crippen molar-refractivity contribution in [3.8, 4) is 0 Å². The summed E-state index contributed by atoms with van der Waals surface area (Å²) in [6.45, 7) is 14.0. The van der Waals surface area contributed by atoms with Crippen molar-refractivity contribution in [1.29, 1.82) is 0 Å². The predicted molar refractivity (Wildman–Crippen MR) is 94.7 cm³/mol. The fourth-order valence-corrected chi connectivity index (χ4v) is 3.68. The topological polar surface area (TPSA) is 38.8 Å². The van der Waals surface area contributed by atoms with Crippen LogP contribution in [0.25, 0.3) is 0 Å². The van der Waals surface area contributed by atoms with Gasteiger partial charge < -0.3 is 15.1 Å². The van der Waals surface area contributed by atoms with Gasteiger partial charge in [0.25, 0.3) is 5.24 Å². The minimum Gasteiger partial charge on any atom is -0.344 e. The smallest absolute Gasteiger partial charge is 0.276 e. The number of carbonyl (C=O) groups is 1. The van der Waals surface area contributed by atoms with E-state index in [1.54, 1.807) is 0 Å². The lowest BCUT2D eigenvalue weighted by atomic mass is 10.1. The van der Waals surface area contributed by atoms with E-state index in [0.717, 1.165) is 25.9 Å². The van der Waals surface area contributed by atoms with Crippen LogP contribution < -0.4 is 5.32 Å². The van der Waals surface area contributed by atoms with Gasteiger partial charge in [-0.15, -0.1) is 0 Å². The van der Waals surface area contributed by atoms with Crippen LogP contribution in [0, 0.1) is 0 Å². The van der Waals surface area contributed by atoms with Crippen molar-refractivity contribution in [2.24, 2.45) is 0 Å². The molecule has 0 aromatic heterocycles. The number of piperazine rings is 1. The van der Waals surface area contributed by atoms with Crippen LogP contribution in [-0.2, 0) is 0 Å². The highest BCUT2D eigenvalue weighted by molar-refractivity contribution is 7.96. The standard InChI is InChI=1S/C16H32N4OS/c1-14(2)20-12-10-19(11-13-20)7-3-6-18-8-4-15(5-9-18)17-16(21)22/h14-15H,3-13H2,1-2H3,(H2,17,21,22). The Morgan fingerprint density at radius 3 is 2.09 bits per heavy atom. The monoisotopic (exact) mass is 328 g/mol. The number of hydrogen-bond acceptors (Lipinski definition) is 4. The number of nitrogens with one attached hydrogen (secondary N) is 1. The van der Waals surface area contributed by atoms with Crippen molar-refractivity contribution in [2.75, 3.05) is 52.4 Å². The fourth-order valence-electron chi connectivity index (χ4n) is 3.50. The number of nitrogens with zero attached hydrogens (tertiary/aromatic N) is 3. The summed E-state index contributed by atoms with van der Waals surface area (Å²) in [7, 11) is 0. The van der Waals surface area contributed by atoms with Crippen molar-refractivity contribution in [1.82, 2.24) is 20.0 Å². The minimum absolute atomic E-state index is 0.195. The molecule has 0 aromatic rings. The third-order valence-electron chi connectivity index (χ3n) is 5.00. The van der Waals surface area contributed by atoms with Gasteiger partial charge >= 0.3 is 0 Å². The van der Waals surface area contributed by atoms with E-state index in [4.69, 9.17) is 0 Å². The first-order chi connectivity index (χ1) is 10.5. The van der Waals surface area contributed by atoms with Gasteiger partial charge in [0.2, 0.25) is 0 Å². The SMILES string of the molecule is CC(C)N1CCN(CCCN2CCC(NC(=O)S)CC2)CC1. The Hall–Kier alpha value is -0.300. The van der Waals surface area contributed by atoms with Gasteiger partial charge in [-0.2, -0.15) is 0 Å². The molecule has 2 fully saturated rings. The van der Waals surface area contributed by atoms with Crippen LogP contribution in [0.2, 0.25) is 0 Å². The van der Waals surface area contributed by atoms with E-state index >= 15 is 0 Å². The Morgan fingerprint density at radius 2 is 1.59 bits per heavy atom. The van der Waals surface area contributed by atoms with Crippen molar-refractivity contribution in [3.63, 3.8) is 0 Å². The largest absolute Gasteiger partial charge is 0.344 e. The second kappa shape index (κ2) is 9.11. The average Bonchev–Trinajstić information content (AvgIpc) is 2.49. The van der Waals surface area contributed by atoms with E-state index in [9.17, 15) is 4.79 Å². The van der Waals surface area contributed by atoms with Gasteiger partial charge in [-0.05, 0) is 46.2 Å². The Kier molecular flexibility index (Phi) is 7.47. The molecule has 2 heterocycles. The number of likely N-dealkylation sites (tertiary alicyclic amines) is 1. The lowest BCUT2D eigenvalue weighted by Gasteiger charge is -2.37. The molecule has 2 saturated heterocycles. The summed E-state index contributed by atoms with van der Waals surface area (Å²) in [5.41, 5.74) is 0. The summed E-state index contributed by atoms with van der Waals surface area (Å²) in [6, 6.07) is 1.01. The number of carbonyl (C=O) groups excluding carboxylic acids is 1. The highest BCUT2D eigenvalue weighted by atomic mass is 32.1. The molecule has 0 spiro atoms. The molecule has 2 aliphatic heterocycles. The molecule has 128 valence electrons. The molecule has 1 amide bonds. The van der Waals surface area contributed by atoms with Crippen molar-refractivity contribution < 1.29 is 4.79 Å². The number of amides is 1. The Labute approximate surface area is 140 Å². The molecule has 2 rings (SSSR count). The van der Waals surface area contributed by atoms with Gasteiger partial charge in [0, 0.05) is 51.4 Å².